The molecule has 8 nitrogen and oxygen atoms in total. The summed E-state index contributed by atoms with van der Waals surface area (Å²) in [5.41, 5.74) is 1.02. The second-order valence-electron chi connectivity index (χ2n) is 7.24. The van der Waals surface area contributed by atoms with Gasteiger partial charge in [0.15, 0.2) is 21.3 Å². The van der Waals surface area contributed by atoms with Crippen LogP contribution >= 0.6 is 0 Å². The van der Waals surface area contributed by atoms with Gasteiger partial charge in [0, 0.05) is 39.8 Å². The summed E-state index contributed by atoms with van der Waals surface area (Å²) in [5, 5.41) is 0. The first-order valence-electron chi connectivity index (χ1n) is 8.89. The summed E-state index contributed by atoms with van der Waals surface area (Å²) in [6.45, 7) is 1.74. The summed E-state index contributed by atoms with van der Waals surface area (Å²) in [4.78, 5) is 17.9. The minimum Gasteiger partial charge on any atom is -0.493 e. The number of hydrogen-bond donors (Lipinski definition) is 0. The molecule has 1 aromatic rings. The molecule has 2 amide bonds. The van der Waals surface area contributed by atoms with E-state index in [1.54, 1.807) is 33.2 Å². The Bertz CT molecular complexity index is 811. The monoisotopic (exact) mass is 397 g/mol. The molecule has 0 radical (unpaired) electrons. The van der Waals surface area contributed by atoms with E-state index < -0.39 is 9.84 Å². The van der Waals surface area contributed by atoms with Crippen LogP contribution in [0.4, 0.5) is 4.79 Å². The van der Waals surface area contributed by atoms with Gasteiger partial charge in [0.25, 0.3) is 0 Å². The number of benzene rings is 1. The number of carbonyl (C=O) groups is 1. The number of sulfone groups is 1. The Balaban J connectivity index is 1.82. The zero-order valence-corrected chi connectivity index (χ0v) is 17.0. The highest BCUT2D eigenvalue weighted by molar-refractivity contribution is 7.91. The maximum atomic E-state index is 12.5. The summed E-state index contributed by atoms with van der Waals surface area (Å²) in [7, 11) is 3.39. The van der Waals surface area contributed by atoms with Gasteiger partial charge in [-0.05, 0) is 17.7 Å². The molecule has 27 heavy (non-hydrogen) atoms. The third-order valence-corrected chi connectivity index (χ3v) is 6.95. The van der Waals surface area contributed by atoms with Gasteiger partial charge in [-0.2, -0.15) is 0 Å². The van der Waals surface area contributed by atoms with Crippen molar-refractivity contribution in [2.24, 2.45) is 0 Å². The minimum atomic E-state index is -3.17. The quantitative estimate of drug-likeness (QED) is 0.743. The van der Waals surface area contributed by atoms with E-state index in [-0.39, 0.29) is 29.6 Å². The van der Waals surface area contributed by atoms with Crippen LogP contribution in [0.5, 0.6) is 11.5 Å². The summed E-state index contributed by atoms with van der Waals surface area (Å²) in [5.74, 6) is 1.41. The molecule has 3 rings (SSSR count). The number of nitrogens with zero attached hydrogens (tertiary/aromatic N) is 3. The van der Waals surface area contributed by atoms with E-state index in [4.69, 9.17) is 9.47 Å². The molecule has 0 N–H and O–H groups in total. The Kier molecular flexibility index (Phi) is 5.53. The lowest BCUT2D eigenvalue weighted by Gasteiger charge is -2.44. The molecule has 2 atom stereocenters. The highest BCUT2D eigenvalue weighted by atomic mass is 32.2. The van der Waals surface area contributed by atoms with E-state index in [1.807, 2.05) is 18.2 Å². The Morgan fingerprint density at radius 1 is 1.11 bits per heavy atom. The van der Waals surface area contributed by atoms with E-state index in [9.17, 15) is 13.2 Å². The fourth-order valence-electron chi connectivity index (χ4n) is 3.93. The number of ether oxygens (including phenoxy) is 2. The minimum absolute atomic E-state index is 0.0275. The Hall–Kier alpha value is -2.00. The lowest BCUT2D eigenvalue weighted by molar-refractivity contribution is 0.0520. The Morgan fingerprint density at radius 3 is 2.41 bits per heavy atom. The van der Waals surface area contributed by atoms with Crippen molar-refractivity contribution in [2.75, 3.05) is 52.9 Å². The molecule has 9 heteroatoms. The van der Waals surface area contributed by atoms with Gasteiger partial charge in [-0.15, -0.1) is 0 Å². The summed E-state index contributed by atoms with van der Waals surface area (Å²) >= 11 is 0. The second-order valence-corrected chi connectivity index (χ2v) is 9.40. The van der Waals surface area contributed by atoms with Crippen molar-refractivity contribution in [2.45, 2.75) is 18.6 Å². The van der Waals surface area contributed by atoms with Crippen molar-refractivity contribution in [3.05, 3.63) is 23.8 Å². The predicted octanol–water partition coefficient (Wildman–Crippen LogP) is 0.669. The molecule has 2 saturated heterocycles. The van der Waals surface area contributed by atoms with Crippen molar-refractivity contribution in [1.29, 1.82) is 0 Å². The molecule has 0 aliphatic carbocycles. The number of hydrogen-bond acceptors (Lipinski definition) is 6. The smallest absolute Gasteiger partial charge is 0.319 e. The van der Waals surface area contributed by atoms with E-state index in [0.717, 1.165) is 5.56 Å². The molecule has 0 spiro atoms. The first kappa shape index (κ1) is 19.8. The molecule has 2 aliphatic rings. The lowest BCUT2D eigenvalue weighted by atomic mass is 10.0. The SMILES string of the molecule is COc1ccc(CN2CCN(C(=O)N(C)C)[C@H]3CS(=O)(=O)C[C@H]32)cc1OC. The number of amides is 2. The second kappa shape index (κ2) is 7.55. The average molecular weight is 397 g/mol. The summed E-state index contributed by atoms with van der Waals surface area (Å²) in [6, 6.07) is 5.08. The fourth-order valence-corrected chi connectivity index (χ4v) is 5.94. The van der Waals surface area contributed by atoms with Crippen LogP contribution in [0.15, 0.2) is 18.2 Å². The van der Waals surface area contributed by atoms with E-state index in [1.165, 1.54) is 4.90 Å². The maximum absolute atomic E-state index is 12.5. The molecular formula is C18H27N3O5S. The number of carbonyl (C=O) groups excluding carboxylic acids is 1. The third kappa shape index (κ3) is 3.98. The van der Waals surface area contributed by atoms with E-state index >= 15 is 0 Å². The highest BCUT2D eigenvalue weighted by Gasteiger charge is 2.48. The van der Waals surface area contributed by atoms with Gasteiger partial charge in [-0.25, -0.2) is 13.2 Å². The summed E-state index contributed by atoms with van der Waals surface area (Å²) in [6.07, 6.45) is 0. The van der Waals surface area contributed by atoms with Gasteiger partial charge in [0.1, 0.15) is 0 Å². The van der Waals surface area contributed by atoms with Crippen molar-refractivity contribution in [1.82, 2.24) is 14.7 Å². The maximum Gasteiger partial charge on any atom is 0.319 e. The predicted molar refractivity (Wildman–Crippen MR) is 102 cm³/mol. The van der Waals surface area contributed by atoms with Gasteiger partial charge in [0.05, 0.1) is 31.8 Å². The molecule has 0 saturated carbocycles. The Morgan fingerprint density at radius 2 is 1.78 bits per heavy atom. The van der Waals surface area contributed by atoms with Gasteiger partial charge in [-0.3, -0.25) is 4.90 Å². The molecule has 0 unspecified atom stereocenters. The molecule has 150 valence electrons. The van der Waals surface area contributed by atoms with Crippen LogP contribution in [-0.4, -0.2) is 94.1 Å². The van der Waals surface area contributed by atoms with Gasteiger partial charge < -0.3 is 19.3 Å². The first-order chi connectivity index (χ1) is 12.8. The number of piperazine rings is 1. The molecule has 2 fully saturated rings. The highest BCUT2D eigenvalue weighted by Crippen LogP contribution is 2.31. The Labute approximate surface area is 160 Å². The average Bonchev–Trinajstić information content (AvgIpc) is 2.96. The lowest BCUT2D eigenvalue weighted by Crippen LogP contribution is -2.61. The van der Waals surface area contributed by atoms with E-state index in [0.29, 0.717) is 31.1 Å². The molecule has 1 aromatic carbocycles. The van der Waals surface area contributed by atoms with Crippen LogP contribution in [0.1, 0.15) is 5.56 Å². The number of urea groups is 1. The van der Waals surface area contributed by atoms with Crippen LogP contribution in [0, 0.1) is 0 Å². The van der Waals surface area contributed by atoms with Gasteiger partial charge in [-0.1, -0.05) is 6.07 Å². The zero-order valence-electron chi connectivity index (χ0n) is 16.2. The van der Waals surface area contributed by atoms with Crippen LogP contribution in [0.3, 0.4) is 0 Å². The molecule has 2 heterocycles. The topological polar surface area (TPSA) is 79.4 Å². The van der Waals surface area contributed by atoms with Gasteiger partial charge >= 0.3 is 6.03 Å². The number of fused-ring (bicyclic) bond motifs is 1. The number of rotatable bonds is 4. The van der Waals surface area contributed by atoms with Crippen molar-refractivity contribution in [3.63, 3.8) is 0 Å². The number of methoxy groups -OCH3 is 2. The van der Waals surface area contributed by atoms with Gasteiger partial charge in [0.2, 0.25) is 0 Å². The molecule has 0 bridgehead atoms. The van der Waals surface area contributed by atoms with Crippen LogP contribution in [0.25, 0.3) is 0 Å². The molecule has 2 aliphatic heterocycles. The summed E-state index contributed by atoms with van der Waals surface area (Å²) < 4.78 is 35.2. The van der Waals surface area contributed by atoms with Crippen LogP contribution in [0.2, 0.25) is 0 Å². The van der Waals surface area contributed by atoms with Crippen molar-refractivity contribution in [3.8, 4) is 11.5 Å². The van der Waals surface area contributed by atoms with Crippen LogP contribution < -0.4 is 9.47 Å². The zero-order chi connectivity index (χ0) is 19.8. The first-order valence-corrected chi connectivity index (χ1v) is 10.7. The fraction of sp³-hybridized carbons (Fsp3) is 0.611. The van der Waals surface area contributed by atoms with Crippen LogP contribution in [-0.2, 0) is 16.4 Å². The van der Waals surface area contributed by atoms with Crippen molar-refractivity contribution < 1.29 is 22.7 Å². The molecule has 0 aromatic heterocycles. The van der Waals surface area contributed by atoms with Crippen molar-refractivity contribution >= 4 is 15.9 Å². The molecular weight excluding hydrogens is 370 g/mol. The standard InChI is InChI=1S/C18H27N3O5S/c1-19(2)18(22)21-8-7-20(14-11-27(23,24)12-15(14)21)10-13-5-6-16(25-3)17(9-13)26-4/h5-6,9,14-15H,7-8,10-12H2,1-4H3/t14-,15+/m1/s1. The normalized spacial score (nSPS) is 24.4. The largest absolute Gasteiger partial charge is 0.493 e. The van der Waals surface area contributed by atoms with E-state index in [2.05, 4.69) is 4.90 Å². The third-order valence-electron chi connectivity index (χ3n) is 5.25.